The maximum Gasteiger partial charge on any atom is 0.312 e. The van der Waals surface area contributed by atoms with Crippen molar-refractivity contribution in [3.8, 4) is 11.8 Å². The summed E-state index contributed by atoms with van der Waals surface area (Å²) >= 11 is 0. The summed E-state index contributed by atoms with van der Waals surface area (Å²) in [6.45, 7) is -0.525. The lowest BCUT2D eigenvalue weighted by atomic mass is 10.2. The van der Waals surface area contributed by atoms with Crippen molar-refractivity contribution >= 4 is 16.1 Å². The number of aliphatic hydroxyl groups excluding tert-OH is 1. The van der Waals surface area contributed by atoms with Gasteiger partial charge in [0.25, 0.3) is 0 Å². The molecule has 0 atom stereocenters. The van der Waals surface area contributed by atoms with Crippen molar-refractivity contribution in [1.82, 2.24) is 10.0 Å². The van der Waals surface area contributed by atoms with Gasteiger partial charge in [-0.1, -0.05) is 11.8 Å². The largest absolute Gasteiger partial charge is 0.384 e. The fourth-order valence-corrected chi connectivity index (χ4v) is 2.48. The van der Waals surface area contributed by atoms with Gasteiger partial charge in [0.05, 0.1) is 0 Å². The molecule has 0 aliphatic rings. The number of nitrogens with one attached hydrogen (secondary N) is 2. The smallest absolute Gasteiger partial charge is 0.312 e. The lowest BCUT2D eigenvalue weighted by molar-refractivity contribution is 0.249. The predicted octanol–water partition coefficient (Wildman–Crippen LogP) is -0.884. The van der Waals surface area contributed by atoms with Gasteiger partial charge in [-0.25, -0.2) is 22.3 Å². The lowest BCUT2D eigenvalue weighted by Crippen LogP contribution is -2.37. The van der Waals surface area contributed by atoms with E-state index in [1.54, 1.807) is 0 Å². The number of halogens is 1. The third-order valence-electron chi connectivity index (χ3n) is 2.25. The van der Waals surface area contributed by atoms with Gasteiger partial charge >= 0.3 is 6.03 Å². The number of aliphatic hydroxyl groups is 1. The molecule has 0 bridgehead atoms. The van der Waals surface area contributed by atoms with Crippen LogP contribution in [0.5, 0.6) is 0 Å². The normalized spacial score (nSPS) is 10.6. The molecular weight excluding hydrogens is 301 g/mol. The van der Waals surface area contributed by atoms with E-state index in [0.29, 0.717) is 0 Å². The van der Waals surface area contributed by atoms with Gasteiger partial charge in [-0.2, -0.15) is 0 Å². The molecule has 5 N–H and O–H groups in total. The maximum absolute atomic E-state index is 13.8. The molecule has 9 heteroatoms. The summed E-state index contributed by atoms with van der Waals surface area (Å²) in [6, 6.07) is 2.56. The summed E-state index contributed by atoms with van der Waals surface area (Å²) in [5, 5.41) is 10.7. The van der Waals surface area contributed by atoms with Gasteiger partial charge < -0.3 is 16.2 Å². The average Bonchev–Trinajstić information content (AvgIpc) is 2.41. The predicted molar refractivity (Wildman–Crippen MR) is 73.1 cm³/mol. The number of benzene rings is 1. The average molecular weight is 315 g/mol. The second kappa shape index (κ2) is 7.58. The quantitative estimate of drug-likeness (QED) is 0.416. The van der Waals surface area contributed by atoms with Crippen LogP contribution in [0.2, 0.25) is 0 Å². The number of amides is 2. The van der Waals surface area contributed by atoms with E-state index in [4.69, 9.17) is 10.8 Å². The molecule has 114 valence electrons. The van der Waals surface area contributed by atoms with Crippen LogP contribution in [0.15, 0.2) is 23.1 Å². The highest BCUT2D eigenvalue weighted by Crippen LogP contribution is 2.15. The van der Waals surface area contributed by atoms with E-state index in [1.165, 1.54) is 6.07 Å². The number of carbonyl (C=O) groups excluding carboxylic acids is 1. The van der Waals surface area contributed by atoms with Crippen molar-refractivity contribution in [3.63, 3.8) is 0 Å². The summed E-state index contributed by atoms with van der Waals surface area (Å²) in [6.07, 6.45) is 0. The van der Waals surface area contributed by atoms with Crippen molar-refractivity contribution in [2.24, 2.45) is 5.73 Å². The molecule has 0 radical (unpaired) electrons. The molecule has 0 fully saturated rings. The van der Waals surface area contributed by atoms with Crippen molar-refractivity contribution < 1.29 is 22.7 Å². The molecule has 2 amide bonds. The number of hydrogen-bond acceptors (Lipinski definition) is 4. The zero-order valence-electron chi connectivity index (χ0n) is 10.9. The topological polar surface area (TPSA) is 122 Å². The van der Waals surface area contributed by atoms with Crippen molar-refractivity contribution in [2.75, 3.05) is 19.7 Å². The Kier molecular flexibility index (Phi) is 6.10. The third kappa shape index (κ3) is 5.39. The number of carbonyl (C=O) groups is 1. The summed E-state index contributed by atoms with van der Waals surface area (Å²) in [4.78, 5) is 9.88. The molecule has 7 nitrogen and oxygen atoms in total. The molecule has 0 aliphatic heterocycles. The second-order valence-corrected chi connectivity index (χ2v) is 5.53. The molecule has 0 saturated carbocycles. The van der Waals surface area contributed by atoms with E-state index in [9.17, 15) is 17.6 Å². The van der Waals surface area contributed by atoms with Gasteiger partial charge in [0.1, 0.15) is 17.3 Å². The molecule has 0 aliphatic carbocycles. The van der Waals surface area contributed by atoms with Crippen LogP contribution in [0.1, 0.15) is 5.56 Å². The van der Waals surface area contributed by atoms with Crippen molar-refractivity contribution in [2.45, 2.75) is 4.90 Å². The first kappa shape index (κ1) is 16.9. The standard InChI is InChI=1S/C12H14FN3O4S/c13-10-8-9(2-1-7-17)3-4-11(10)21(19,20)16-6-5-15-12(14)18/h3-4,8,16-17H,5-7H2,(H3,14,15,18). The Morgan fingerprint density at radius 2 is 2.10 bits per heavy atom. The number of rotatable bonds is 5. The van der Waals surface area contributed by atoms with Gasteiger partial charge in [0.2, 0.25) is 10.0 Å². The van der Waals surface area contributed by atoms with E-state index in [-0.39, 0.29) is 25.3 Å². The van der Waals surface area contributed by atoms with Gasteiger partial charge in [-0.05, 0) is 18.2 Å². The summed E-state index contributed by atoms with van der Waals surface area (Å²) in [5.74, 6) is 3.82. The molecule has 0 saturated heterocycles. The van der Waals surface area contributed by atoms with Crippen LogP contribution < -0.4 is 15.8 Å². The Morgan fingerprint density at radius 1 is 1.38 bits per heavy atom. The minimum atomic E-state index is -4.04. The van der Waals surface area contributed by atoms with Crippen LogP contribution in [-0.4, -0.2) is 39.3 Å². The van der Waals surface area contributed by atoms with Gasteiger partial charge in [-0.15, -0.1) is 0 Å². The van der Waals surface area contributed by atoms with E-state index in [0.717, 1.165) is 12.1 Å². The molecule has 21 heavy (non-hydrogen) atoms. The monoisotopic (exact) mass is 315 g/mol. The molecule has 0 spiro atoms. The number of primary amides is 1. The highest BCUT2D eigenvalue weighted by molar-refractivity contribution is 7.89. The fourth-order valence-electron chi connectivity index (χ4n) is 1.39. The summed E-state index contributed by atoms with van der Waals surface area (Å²) < 4.78 is 39.6. The number of sulfonamides is 1. The zero-order chi connectivity index (χ0) is 15.9. The summed E-state index contributed by atoms with van der Waals surface area (Å²) in [7, 11) is -4.04. The Morgan fingerprint density at radius 3 is 2.67 bits per heavy atom. The second-order valence-electron chi connectivity index (χ2n) is 3.79. The lowest BCUT2D eigenvalue weighted by Gasteiger charge is -2.08. The first-order valence-corrected chi connectivity index (χ1v) is 7.27. The minimum absolute atomic E-state index is 0.0176. The Bertz CT molecular complexity index is 679. The highest BCUT2D eigenvalue weighted by Gasteiger charge is 2.18. The van der Waals surface area contributed by atoms with Gasteiger partial charge in [0.15, 0.2) is 0 Å². The molecule has 1 rings (SSSR count). The van der Waals surface area contributed by atoms with Crippen LogP contribution in [-0.2, 0) is 10.0 Å². The van der Waals surface area contributed by atoms with Crippen LogP contribution in [0.25, 0.3) is 0 Å². The SMILES string of the molecule is NC(=O)NCCNS(=O)(=O)c1ccc(C#CCO)cc1F. The number of urea groups is 1. The highest BCUT2D eigenvalue weighted by atomic mass is 32.2. The first-order chi connectivity index (χ1) is 9.86. The Labute approximate surface area is 121 Å². The molecule has 1 aromatic rings. The first-order valence-electron chi connectivity index (χ1n) is 5.79. The molecule has 0 unspecified atom stereocenters. The minimum Gasteiger partial charge on any atom is -0.384 e. The van der Waals surface area contributed by atoms with Crippen molar-refractivity contribution in [3.05, 3.63) is 29.6 Å². The van der Waals surface area contributed by atoms with E-state index in [1.807, 2.05) is 0 Å². The molecule has 0 heterocycles. The Hall–Kier alpha value is -2.15. The fraction of sp³-hybridized carbons (Fsp3) is 0.250. The van der Waals surface area contributed by atoms with Crippen LogP contribution in [0.3, 0.4) is 0 Å². The van der Waals surface area contributed by atoms with E-state index < -0.39 is 26.8 Å². The zero-order valence-corrected chi connectivity index (χ0v) is 11.7. The number of nitrogens with two attached hydrogens (primary N) is 1. The van der Waals surface area contributed by atoms with E-state index >= 15 is 0 Å². The van der Waals surface area contributed by atoms with Crippen LogP contribution >= 0.6 is 0 Å². The van der Waals surface area contributed by atoms with Gasteiger partial charge in [0, 0.05) is 18.7 Å². The van der Waals surface area contributed by atoms with E-state index in [2.05, 4.69) is 21.9 Å². The Balaban J connectivity index is 2.81. The maximum atomic E-state index is 13.8. The molecular formula is C12H14FN3O4S. The van der Waals surface area contributed by atoms with Crippen LogP contribution in [0, 0.1) is 17.7 Å². The van der Waals surface area contributed by atoms with Gasteiger partial charge in [-0.3, -0.25) is 0 Å². The van der Waals surface area contributed by atoms with Crippen molar-refractivity contribution in [1.29, 1.82) is 0 Å². The summed E-state index contributed by atoms with van der Waals surface area (Å²) in [5.41, 5.74) is 5.06. The van der Waals surface area contributed by atoms with Crippen LogP contribution in [0.4, 0.5) is 9.18 Å². The molecule has 0 aromatic heterocycles. The third-order valence-corrected chi connectivity index (χ3v) is 3.74. The number of hydrogen-bond donors (Lipinski definition) is 4. The molecule has 1 aromatic carbocycles.